The molecule has 1 unspecified atom stereocenters. The number of hydrogen-bond donors (Lipinski definition) is 1. The minimum atomic E-state index is -4.49. The largest absolute Gasteiger partial charge is 0.497 e. The van der Waals surface area contributed by atoms with E-state index < -0.39 is 27.4 Å². The number of halogens is 1. The molecule has 8 nitrogen and oxygen atoms in total. The highest BCUT2D eigenvalue weighted by Gasteiger charge is 2.57. The Kier molecular flexibility index (Phi) is 6.01. The van der Waals surface area contributed by atoms with Crippen LogP contribution in [0.5, 0.6) is 11.5 Å². The number of benzene rings is 3. The summed E-state index contributed by atoms with van der Waals surface area (Å²) in [4.78, 5) is 26.2. The summed E-state index contributed by atoms with van der Waals surface area (Å²) in [6.07, 6.45) is 0. The van der Waals surface area contributed by atoms with Gasteiger partial charge in [0.2, 0.25) is 5.91 Å². The van der Waals surface area contributed by atoms with Crippen LogP contribution in [0.15, 0.2) is 71.6 Å². The highest BCUT2D eigenvalue weighted by Crippen LogP contribution is 2.48. The molecule has 4 rings (SSSR count). The van der Waals surface area contributed by atoms with Crippen LogP contribution >= 0.6 is 11.6 Å². The van der Waals surface area contributed by atoms with Crippen molar-refractivity contribution < 1.29 is 27.5 Å². The first-order valence-electron chi connectivity index (χ1n) is 10.1. The molecule has 1 N–H and O–H groups in total. The van der Waals surface area contributed by atoms with Crippen molar-refractivity contribution in [1.29, 1.82) is 0 Å². The van der Waals surface area contributed by atoms with Gasteiger partial charge in [-0.1, -0.05) is 41.9 Å². The van der Waals surface area contributed by atoms with Crippen molar-refractivity contribution in [3.8, 4) is 11.5 Å². The number of nitrogens with one attached hydrogen (secondary N) is 1. The van der Waals surface area contributed by atoms with Crippen LogP contribution in [0.25, 0.3) is 0 Å². The molecule has 1 aliphatic heterocycles. The molecule has 0 aliphatic carbocycles. The molecular formula is C24H21ClN2O6S. The summed E-state index contributed by atoms with van der Waals surface area (Å²) in [7, 11) is -1.73. The van der Waals surface area contributed by atoms with E-state index in [9.17, 15) is 18.0 Å². The maximum absolute atomic E-state index is 14.1. The van der Waals surface area contributed by atoms with Crippen molar-refractivity contribution in [2.75, 3.05) is 18.5 Å². The van der Waals surface area contributed by atoms with E-state index in [1.165, 1.54) is 57.5 Å². The molecule has 0 fully saturated rings. The zero-order valence-corrected chi connectivity index (χ0v) is 20.1. The second-order valence-corrected chi connectivity index (χ2v) is 9.74. The fraction of sp³-hybridized carbons (Fsp3) is 0.167. The van der Waals surface area contributed by atoms with Gasteiger partial charge in [-0.05, 0) is 35.9 Å². The van der Waals surface area contributed by atoms with Gasteiger partial charge in [-0.2, -0.15) is 4.31 Å². The zero-order valence-electron chi connectivity index (χ0n) is 18.5. The molecule has 176 valence electrons. The van der Waals surface area contributed by atoms with Gasteiger partial charge in [-0.15, -0.1) is 0 Å². The number of methoxy groups -OCH3 is 2. The highest BCUT2D eigenvalue weighted by molar-refractivity contribution is 7.93. The Balaban J connectivity index is 2.02. The maximum Gasteiger partial charge on any atom is 0.276 e. The molecule has 1 aliphatic rings. The Labute approximate surface area is 202 Å². The number of sulfonamides is 1. The summed E-state index contributed by atoms with van der Waals surface area (Å²) in [5.41, 5.74) is -1.11. The van der Waals surface area contributed by atoms with Crippen molar-refractivity contribution in [2.45, 2.75) is 17.4 Å². The summed E-state index contributed by atoms with van der Waals surface area (Å²) in [5, 5.41) is 2.98. The number of anilines is 1. The summed E-state index contributed by atoms with van der Waals surface area (Å²) >= 11 is 6.26. The van der Waals surface area contributed by atoms with Gasteiger partial charge in [0.1, 0.15) is 16.4 Å². The average molecular weight is 501 g/mol. The fourth-order valence-electron chi connectivity index (χ4n) is 4.11. The lowest BCUT2D eigenvalue weighted by atomic mass is 9.83. The zero-order chi connectivity index (χ0) is 24.7. The molecule has 2 amide bonds. The number of rotatable bonds is 6. The lowest BCUT2D eigenvalue weighted by molar-refractivity contribution is -0.128. The van der Waals surface area contributed by atoms with E-state index in [-0.39, 0.29) is 26.9 Å². The number of carbonyl (C=O) groups is 2. The third-order valence-corrected chi connectivity index (χ3v) is 7.52. The van der Waals surface area contributed by atoms with E-state index in [1.54, 1.807) is 30.3 Å². The predicted octanol–water partition coefficient (Wildman–Crippen LogP) is 3.47. The van der Waals surface area contributed by atoms with Crippen molar-refractivity contribution >= 4 is 39.1 Å². The molecule has 1 heterocycles. The average Bonchev–Trinajstić information content (AvgIpc) is 3.07. The second-order valence-electron chi connectivity index (χ2n) is 7.55. The third-order valence-electron chi connectivity index (χ3n) is 5.55. The predicted molar refractivity (Wildman–Crippen MR) is 127 cm³/mol. The van der Waals surface area contributed by atoms with Gasteiger partial charge < -0.3 is 14.8 Å². The van der Waals surface area contributed by atoms with Gasteiger partial charge in [0.25, 0.3) is 15.9 Å². The van der Waals surface area contributed by atoms with E-state index in [1.807, 2.05) is 0 Å². The lowest BCUT2D eigenvalue weighted by Crippen LogP contribution is -2.54. The fourth-order valence-corrected chi connectivity index (χ4v) is 5.89. The normalized spacial score (nSPS) is 17.3. The summed E-state index contributed by atoms with van der Waals surface area (Å²) in [5.74, 6) is -1.01. The quantitative estimate of drug-likeness (QED) is 0.556. The van der Waals surface area contributed by atoms with Gasteiger partial charge in [-0.25, -0.2) is 8.42 Å². The number of carbonyl (C=O) groups excluding carboxylic acids is 2. The maximum atomic E-state index is 14.1. The molecule has 0 spiro atoms. The minimum absolute atomic E-state index is 0.000554. The van der Waals surface area contributed by atoms with E-state index in [0.29, 0.717) is 15.6 Å². The number of nitrogens with zero attached hydrogens (tertiary/aromatic N) is 1. The van der Waals surface area contributed by atoms with Crippen LogP contribution in [0.4, 0.5) is 5.69 Å². The third kappa shape index (κ3) is 3.57. The van der Waals surface area contributed by atoms with Crippen LogP contribution in [0.1, 0.15) is 18.1 Å². The van der Waals surface area contributed by atoms with Crippen molar-refractivity contribution in [1.82, 2.24) is 5.32 Å². The molecule has 0 bridgehead atoms. The summed E-state index contributed by atoms with van der Waals surface area (Å²) < 4.78 is 39.0. The molecule has 3 aromatic carbocycles. The monoisotopic (exact) mass is 500 g/mol. The smallest absolute Gasteiger partial charge is 0.276 e. The minimum Gasteiger partial charge on any atom is -0.497 e. The van der Waals surface area contributed by atoms with Crippen LogP contribution in [-0.4, -0.2) is 34.5 Å². The molecular weight excluding hydrogens is 480 g/mol. The van der Waals surface area contributed by atoms with E-state index in [0.717, 1.165) is 0 Å². The van der Waals surface area contributed by atoms with Crippen LogP contribution < -0.4 is 19.1 Å². The lowest BCUT2D eigenvalue weighted by Gasteiger charge is -2.30. The molecule has 3 aromatic rings. The van der Waals surface area contributed by atoms with E-state index in [4.69, 9.17) is 21.1 Å². The Morgan fingerprint density at radius 1 is 1.00 bits per heavy atom. The van der Waals surface area contributed by atoms with E-state index >= 15 is 0 Å². The van der Waals surface area contributed by atoms with Gasteiger partial charge >= 0.3 is 0 Å². The van der Waals surface area contributed by atoms with Gasteiger partial charge in [0.15, 0.2) is 5.54 Å². The first-order chi connectivity index (χ1) is 16.2. The number of hydrogen-bond acceptors (Lipinski definition) is 6. The van der Waals surface area contributed by atoms with Gasteiger partial charge in [0, 0.05) is 23.6 Å². The van der Waals surface area contributed by atoms with Crippen molar-refractivity contribution in [3.63, 3.8) is 0 Å². The van der Waals surface area contributed by atoms with Crippen LogP contribution in [0, 0.1) is 0 Å². The Bertz CT molecular complexity index is 1390. The summed E-state index contributed by atoms with van der Waals surface area (Å²) in [6.45, 7) is 1.26. The van der Waals surface area contributed by atoms with E-state index in [2.05, 4.69) is 5.32 Å². The Morgan fingerprint density at radius 2 is 1.71 bits per heavy atom. The highest BCUT2D eigenvalue weighted by atomic mass is 35.5. The first kappa shape index (κ1) is 23.6. The Morgan fingerprint density at radius 3 is 2.32 bits per heavy atom. The Hall–Kier alpha value is -3.56. The van der Waals surface area contributed by atoms with Crippen LogP contribution in [-0.2, 0) is 25.2 Å². The number of ether oxygens (including phenoxy) is 2. The molecule has 0 radical (unpaired) electrons. The van der Waals surface area contributed by atoms with Gasteiger partial charge in [-0.3, -0.25) is 9.59 Å². The summed E-state index contributed by atoms with van der Waals surface area (Å²) in [6, 6.07) is 17.0. The standard InChI is InChI=1S/C24H21ClN2O6S/c1-15(28)26-24(16-7-5-4-6-8-16)19-13-17(25)9-11-20(19)27(23(24)29)34(30,31)22-12-10-18(32-2)14-21(22)33-3/h4-14H,1-3H3,(H,26,28). The number of amides is 2. The van der Waals surface area contributed by atoms with Gasteiger partial charge in [0.05, 0.1) is 19.9 Å². The molecule has 34 heavy (non-hydrogen) atoms. The van der Waals surface area contributed by atoms with Crippen LogP contribution in [0.2, 0.25) is 5.02 Å². The molecule has 1 atom stereocenters. The van der Waals surface area contributed by atoms with Crippen molar-refractivity contribution in [3.05, 3.63) is 82.9 Å². The molecule has 10 heteroatoms. The SMILES string of the molecule is COc1ccc(S(=O)(=O)N2C(=O)C(NC(C)=O)(c3ccccc3)c3cc(Cl)ccc32)c(OC)c1. The molecule has 0 saturated carbocycles. The first-order valence-corrected chi connectivity index (χ1v) is 11.9. The van der Waals surface area contributed by atoms with Crippen LogP contribution in [0.3, 0.4) is 0 Å². The topological polar surface area (TPSA) is 102 Å². The number of fused-ring (bicyclic) bond motifs is 1. The second kappa shape index (κ2) is 8.66. The molecule has 0 aromatic heterocycles. The molecule has 0 saturated heterocycles. The van der Waals surface area contributed by atoms with Crippen molar-refractivity contribution in [2.24, 2.45) is 0 Å².